The number of primary amides is 1. The molecule has 0 aliphatic carbocycles. The highest BCUT2D eigenvalue weighted by molar-refractivity contribution is 5.75. The van der Waals surface area contributed by atoms with Gasteiger partial charge in [0.15, 0.2) is 0 Å². The maximum atomic E-state index is 10.7. The molecule has 0 aromatic carbocycles. The lowest BCUT2D eigenvalue weighted by Crippen LogP contribution is -2.51. The van der Waals surface area contributed by atoms with Crippen molar-refractivity contribution >= 4 is 5.91 Å². The molecule has 0 aliphatic rings. The van der Waals surface area contributed by atoms with E-state index in [-0.39, 0.29) is 17.0 Å². The van der Waals surface area contributed by atoms with Crippen molar-refractivity contribution < 1.29 is 4.79 Å². The van der Waals surface area contributed by atoms with E-state index in [1.165, 1.54) is 0 Å². The fraction of sp³-hybridized carbons (Fsp3) is 0.889. The summed E-state index contributed by atoms with van der Waals surface area (Å²) in [6.07, 6.45) is 0.365. The Hall–Kier alpha value is -0.570. The Labute approximate surface area is 74.7 Å². The van der Waals surface area contributed by atoms with Gasteiger partial charge >= 0.3 is 0 Å². The second-order valence-electron chi connectivity index (χ2n) is 4.90. The molecular formula is C9H20N2O. The second-order valence-corrected chi connectivity index (χ2v) is 4.90. The van der Waals surface area contributed by atoms with Crippen molar-refractivity contribution in [2.24, 2.45) is 5.73 Å². The van der Waals surface area contributed by atoms with Gasteiger partial charge in [0.05, 0.1) is 0 Å². The van der Waals surface area contributed by atoms with Crippen LogP contribution < -0.4 is 11.1 Å². The third-order valence-corrected chi connectivity index (χ3v) is 1.33. The molecule has 3 nitrogen and oxygen atoms in total. The highest BCUT2D eigenvalue weighted by Gasteiger charge is 2.25. The molecule has 72 valence electrons. The minimum Gasteiger partial charge on any atom is -0.370 e. The summed E-state index contributed by atoms with van der Waals surface area (Å²) in [7, 11) is 0. The number of hydrogen-bond donors (Lipinski definition) is 2. The fourth-order valence-electron chi connectivity index (χ4n) is 1.49. The van der Waals surface area contributed by atoms with Crippen LogP contribution in [0.2, 0.25) is 0 Å². The van der Waals surface area contributed by atoms with E-state index in [1.54, 1.807) is 0 Å². The molecule has 0 rings (SSSR count). The molecule has 0 bridgehead atoms. The van der Waals surface area contributed by atoms with Crippen LogP contribution in [0.1, 0.15) is 41.0 Å². The molecule has 3 heteroatoms. The largest absolute Gasteiger partial charge is 0.370 e. The summed E-state index contributed by atoms with van der Waals surface area (Å²) in [6, 6.07) is 0. The summed E-state index contributed by atoms with van der Waals surface area (Å²) < 4.78 is 0. The van der Waals surface area contributed by atoms with Crippen LogP contribution in [0.5, 0.6) is 0 Å². The molecule has 0 spiro atoms. The summed E-state index contributed by atoms with van der Waals surface area (Å²) >= 11 is 0. The van der Waals surface area contributed by atoms with Crippen LogP contribution in [0.15, 0.2) is 0 Å². The van der Waals surface area contributed by atoms with Crippen molar-refractivity contribution in [2.75, 3.05) is 0 Å². The molecule has 0 fully saturated rings. The molecule has 3 N–H and O–H groups in total. The molecule has 1 amide bonds. The van der Waals surface area contributed by atoms with Gasteiger partial charge in [-0.3, -0.25) is 4.79 Å². The van der Waals surface area contributed by atoms with Crippen LogP contribution in [0, 0.1) is 0 Å². The minimum absolute atomic E-state index is 0.0128. The van der Waals surface area contributed by atoms with E-state index in [1.807, 2.05) is 13.8 Å². The Kier molecular flexibility index (Phi) is 3.27. The molecule has 0 aromatic rings. The third kappa shape index (κ3) is 6.16. The van der Waals surface area contributed by atoms with Crippen LogP contribution in [0.25, 0.3) is 0 Å². The maximum absolute atomic E-state index is 10.7. The molecule has 0 saturated heterocycles. The third-order valence-electron chi connectivity index (χ3n) is 1.33. The standard InChI is InChI=1S/C9H20N2O/c1-8(2,3)11-9(4,5)6-7(10)12/h11H,6H2,1-5H3,(H2,10,12). The number of carbonyl (C=O) groups is 1. The molecule has 0 atom stereocenters. The van der Waals surface area contributed by atoms with Crippen LogP contribution in [-0.2, 0) is 4.79 Å². The lowest BCUT2D eigenvalue weighted by atomic mass is 9.95. The van der Waals surface area contributed by atoms with Crippen LogP contribution in [0.3, 0.4) is 0 Å². The highest BCUT2D eigenvalue weighted by atomic mass is 16.1. The summed E-state index contributed by atoms with van der Waals surface area (Å²) in [6.45, 7) is 10.1. The van der Waals surface area contributed by atoms with Gasteiger partial charge in [-0.05, 0) is 34.6 Å². The molecule has 0 heterocycles. The van der Waals surface area contributed by atoms with Gasteiger partial charge in [-0.1, -0.05) is 0 Å². The first-order valence-electron chi connectivity index (χ1n) is 4.20. The van der Waals surface area contributed by atoms with E-state index in [2.05, 4.69) is 26.1 Å². The normalized spacial score (nSPS) is 13.1. The van der Waals surface area contributed by atoms with E-state index >= 15 is 0 Å². The summed E-state index contributed by atoms with van der Waals surface area (Å²) in [4.78, 5) is 10.7. The number of nitrogens with two attached hydrogens (primary N) is 1. The molecular weight excluding hydrogens is 152 g/mol. The number of hydrogen-bond acceptors (Lipinski definition) is 2. The Bertz CT molecular complexity index is 168. The van der Waals surface area contributed by atoms with Gasteiger partial charge in [-0.25, -0.2) is 0 Å². The van der Waals surface area contributed by atoms with Gasteiger partial charge in [0.1, 0.15) is 0 Å². The van der Waals surface area contributed by atoms with Crippen molar-refractivity contribution in [1.29, 1.82) is 0 Å². The quantitative estimate of drug-likeness (QED) is 0.668. The monoisotopic (exact) mass is 172 g/mol. The molecule has 0 radical (unpaired) electrons. The van der Waals surface area contributed by atoms with Gasteiger partial charge in [0, 0.05) is 17.5 Å². The van der Waals surface area contributed by atoms with Crippen LogP contribution in [-0.4, -0.2) is 17.0 Å². The number of amides is 1. The average molecular weight is 172 g/mol. The van der Waals surface area contributed by atoms with Gasteiger partial charge in [-0.2, -0.15) is 0 Å². The SMILES string of the molecule is CC(C)(C)NC(C)(C)CC(N)=O. The van der Waals surface area contributed by atoms with E-state index < -0.39 is 0 Å². The molecule has 0 aliphatic heterocycles. The van der Waals surface area contributed by atoms with Crippen molar-refractivity contribution in [1.82, 2.24) is 5.32 Å². The first-order valence-corrected chi connectivity index (χ1v) is 4.20. The zero-order valence-electron chi connectivity index (χ0n) is 8.69. The first kappa shape index (κ1) is 11.4. The first-order chi connectivity index (χ1) is 5.12. The van der Waals surface area contributed by atoms with E-state index in [9.17, 15) is 4.79 Å². The van der Waals surface area contributed by atoms with Gasteiger partial charge < -0.3 is 11.1 Å². The zero-order valence-corrected chi connectivity index (χ0v) is 8.69. The average Bonchev–Trinajstić information content (AvgIpc) is 1.48. The number of carbonyl (C=O) groups excluding carboxylic acids is 1. The summed E-state index contributed by atoms with van der Waals surface area (Å²) in [5.41, 5.74) is 4.91. The van der Waals surface area contributed by atoms with Crippen molar-refractivity contribution in [2.45, 2.75) is 52.1 Å². The summed E-state index contributed by atoms with van der Waals surface area (Å²) in [5.74, 6) is -0.267. The number of rotatable bonds is 3. The highest BCUT2D eigenvalue weighted by Crippen LogP contribution is 2.13. The lowest BCUT2D eigenvalue weighted by Gasteiger charge is -2.34. The molecule has 0 aromatic heterocycles. The van der Waals surface area contributed by atoms with E-state index in [4.69, 9.17) is 5.73 Å². The smallest absolute Gasteiger partial charge is 0.219 e. The van der Waals surface area contributed by atoms with Gasteiger partial charge in [-0.15, -0.1) is 0 Å². The molecule has 0 saturated carbocycles. The Morgan fingerprint density at radius 1 is 1.25 bits per heavy atom. The van der Waals surface area contributed by atoms with E-state index in [0.29, 0.717) is 6.42 Å². The van der Waals surface area contributed by atoms with Crippen molar-refractivity contribution in [3.05, 3.63) is 0 Å². The van der Waals surface area contributed by atoms with Gasteiger partial charge in [0.2, 0.25) is 5.91 Å². The number of nitrogens with one attached hydrogen (secondary N) is 1. The predicted octanol–water partition coefficient (Wildman–Crippen LogP) is 1.03. The van der Waals surface area contributed by atoms with Crippen LogP contribution in [0.4, 0.5) is 0 Å². The second kappa shape index (κ2) is 3.44. The van der Waals surface area contributed by atoms with Gasteiger partial charge in [0.25, 0.3) is 0 Å². The van der Waals surface area contributed by atoms with Crippen LogP contribution >= 0.6 is 0 Å². The Morgan fingerprint density at radius 3 is 1.92 bits per heavy atom. The summed E-state index contributed by atoms with van der Waals surface area (Å²) in [5, 5.41) is 3.33. The molecule has 12 heavy (non-hydrogen) atoms. The maximum Gasteiger partial charge on any atom is 0.219 e. The minimum atomic E-state index is -0.267. The Morgan fingerprint density at radius 2 is 1.67 bits per heavy atom. The zero-order chi connectivity index (χ0) is 9.99. The van der Waals surface area contributed by atoms with Crippen molar-refractivity contribution in [3.8, 4) is 0 Å². The molecule has 0 unspecified atom stereocenters. The topological polar surface area (TPSA) is 55.1 Å². The van der Waals surface area contributed by atoms with E-state index in [0.717, 1.165) is 0 Å². The fourth-order valence-corrected chi connectivity index (χ4v) is 1.49. The lowest BCUT2D eigenvalue weighted by molar-refractivity contribution is -0.119. The van der Waals surface area contributed by atoms with Crippen molar-refractivity contribution in [3.63, 3.8) is 0 Å². The predicted molar refractivity (Wildman–Crippen MR) is 50.8 cm³/mol. The Balaban J connectivity index is 4.13.